The summed E-state index contributed by atoms with van der Waals surface area (Å²) in [7, 11) is 0. The molecule has 0 amide bonds. The molecule has 2 nitrogen and oxygen atoms in total. The molecule has 76 valence electrons. The van der Waals surface area contributed by atoms with Gasteiger partial charge in [-0.15, -0.1) is 18.2 Å². The van der Waals surface area contributed by atoms with Crippen LogP contribution in [0.4, 0.5) is 0 Å². The molecular formula is C11H14ClNO. The highest BCUT2D eigenvalue weighted by molar-refractivity contribution is 6.30. The number of aryl methyl sites for hydroxylation is 1. The SMILES string of the molecule is C=CCn1c(C)cc(C(=O)CCl)c1C. The number of carbonyl (C=O) groups is 1. The van der Waals surface area contributed by atoms with Gasteiger partial charge in [0.05, 0.1) is 5.88 Å². The molecule has 0 spiro atoms. The van der Waals surface area contributed by atoms with E-state index in [1.54, 1.807) is 0 Å². The summed E-state index contributed by atoms with van der Waals surface area (Å²) in [5, 5.41) is 0. The molecule has 0 N–H and O–H groups in total. The molecule has 0 aliphatic carbocycles. The number of hydrogen-bond acceptors (Lipinski definition) is 1. The van der Waals surface area contributed by atoms with Crippen LogP contribution >= 0.6 is 11.6 Å². The molecule has 1 aromatic rings. The molecule has 0 saturated heterocycles. The van der Waals surface area contributed by atoms with Gasteiger partial charge in [-0.3, -0.25) is 4.79 Å². The summed E-state index contributed by atoms with van der Waals surface area (Å²) in [5.41, 5.74) is 2.75. The molecule has 0 bridgehead atoms. The first kappa shape index (κ1) is 11.1. The molecule has 0 aromatic carbocycles. The summed E-state index contributed by atoms with van der Waals surface area (Å²) in [5.74, 6) is 0.0216. The fraction of sp³-hybridized carbons (Fsp3) is 0.364. The maximum atomic E-state index is 11.4. The van der Waals surface area contributed by atoms with Crippen molar-refractivity contribution in [3.8, 4) is 0 Å². The van der Waals surface area contributed by atoms with Gasteiger partial charge < -0.3 is 4.57 Å². The molecule has 0 fully saturated rings. The number of nitrogens with zero attached hydrogens (tertiary/aromatic N) is 1. The number of alkyl halides is 1. The largest absolute Gasteiger partial charge is 0.345 e. The number of hydrogen-bond donors (Lipinski definition) is 0. The Kier molecular flexibility index (Phi) is 3.53. The first-order valence-corrected chi connectivity index (χ1v) is 5.02. The van der Waals surface area contributed by atoms with Gasteiger partial charge in [0.25, 0.3) is 0 Å². The van der Waals surface area contributed by atoms with Gasteiger partial charge in [-0.05, 0) is 19.9 Å². The maximum Gasteiger partial charge on any atom is 0.179 e. The number of halogens is 1. The molecule has 0 aliphatic rings. The second-order valence-corrected chi connectivity index (χ2v) is 3.51. The minimum Gasteiger partial charge on any atom is -0.345 e. The van der Waals surface area contributed by atoms with Crippen LogP contribution in [0, 0.1) is 13.8 Å². The van der Waals surface area contributed by atoms with Crippen LogP contribution in [0.1, 0.15) is 21.7 Å². The number of carbonyl (C=O) groups excluding carboxylic acids is 1. The van der Waals surface area contributed by atoms with E-state index in [1.807, 2.05) is 30.6 Å². The molecule has 1 aromatic heterocycles. The van der Waals surface area contributed by atoms with E-state index < -0.39 is 0 Å². The first-order chi connectivity index (χ1) is 6.61. The van der Waals surface area contributed by atoms with Gasteiger partial charge in [0.15, 0.2) is 5.78 Å². The van der Waals surface area contributed by atoms with Gasteiger partial charge in [0.2, 0.25) is 0 Å². The second kappa shape index (κ2) is 4.47. The Morgan fingerprint density at radius 2 is 2.29 bits per heavy atom. The van der Waals surface area contributed by atoms with E-state index in [9.17, 15) is 4.79 Å². The topological polar surface area (TPSA) is 22.0 Å². The molecule has 0 saturated carbocycles. The summed E-state index contributed by atoms with van der Waals surface area (Å²) in [6.07, 6.45) is 1.81. The van der Waals surface area contributed by atoms with Crippen molar-refractivity contribution in [1.82, 2.24) is 4.57 Å². The highest BCUT2D eigenvalue weighted by atomic mass is 35.5. The normalized spacial score (nSPS) is 10.2. The van der Waals surface area contributed by atoms with E-state index in [2.05, 4.69) is 6.58 Å². The van der Waals surface area contributed by atoms with Crippen LogP contribution in [0.3, 0.4) is 0 Å². The summed E-state index contributed by atoms with van der Waals surface area (Å²) in [6, 6.07) is 1.88. The Morgan fingerprint density at radius 3 is 2.79 bits per heavy atom. The minimum absolute atomic E-state index is 0.0184. The van der Waals surface area contributed by atoms with Crippen LogP contribution in [0.2, 0.25) is 0 Å². The Labute approximate surface area is 89.2 Å². The van der Waals surface area contributed by atoms with E-state index in [-0.39, 0.29) is 11.7 Å². The zero-order valence-corrected chi connectivity index (χ0v) is 9.27. The van der Waals surface area contributed by atoms with Crippen molar-refractivity contribution in [2.75, 3.05) is 5.88 Å². The molecule has 1 rings (SSSR count). The summed E-state index contributed by atoms with van der Waals surface area (Å²) in [6.45, 7) is 8.31. The smallest absolute Gasteiger partial charge is 0.179 e. The van der Waals surface area contributed by atoms with Crippen molar-refractivity contribution in [1.29, 1.82) is 0 Å². The Morgan fingerprint density at radius 1 is 1.64 bits per heavy atom. The molecule has 1 heterocycles. The molecule has 0 atom stereocenters. The van der Waals surface area contributed by atoms with Crippen LogP contribution < -0.4 is 0 Å². The zero-order valence-electron chi connectivity index (χ0n) is 8.51. The summed E-state index contributed by atoms with van der Waals surface area (Å²) < 4.78 is 2.05. The van der Waals surface area contributed by atoms with Crippen molar-refractivity contribution in [2.24, 2.45) is 0 Å². The number of Topliss-reactive ketones (excluding diaryl/α,β-unsaturated/α-hetero) is 1. The van der Waals surface area contributed by atoms with Crippen LogP contribution in [0.25, 0.3) is 0 Å². The number of aromatic nitrogens is 1. The average molecular weight is 212 g/mol. The Bertz CT molecular complexity index is 366. The second-order valence-electron chi connectivity index (χ2n) is 3.24. The highest BCUT2D eigenvalue weighted by Crippen LogP contribution is 2.16. The van der Waals surface area contributed by atoms with Crippen LogP contribution in [0.5, 0.6) is 0 Å². The van der Waals surface area contributed by atoms with Crippen molar-refractivity contribution >= 4 is 17.4 Å². The Balaban J connectivity index is 3.16. The predicted molar refractivity (Wildman–Crippen MR) is 59.2 cm³/mol. The quantitative estimate of drug-likeness (QED) is 0.427. The predicted octanol–water partition coefficient (Wildman–Crippen LogP) is 2.71. The zero-order chi connectivity index (χ0) is 10.7. The van der Waals surface area contributed by atoms with Gasteiger partial charge in [0.1, 0.15) is 0 Å². The third kappa shape index (κ3) is 1.90. The fourth-order valence-electron chi connectivity index (χ4n) is 1.57. The van der Waals surface area contributed by atoms with Crippen LogP contribution in [-0.2, 0) is 6.54 Å². The molecular weight excluding hydrogens is 198 g/mol. The molecule has 3 heteroatoms. The Hall–Kier alpha value is -1.02. The third-order valence-electron chi connectivity index (χ3n) is 2.31. The number of ketones is 1. The van der Waals surface area contributed by atoms with E-state index in [0.717, 1.165) is 23.5 Å². The lowest BCUT2D eigenvalue weighted by molar-refractivity contribution is 0.102. The van der Waals surface area contributed by atoms with Gasteiger partial charge in [0, 0.05) is 23.5 Å². The molecule has 14 heavy (non-hydrogen) atoms. The summed E-state index contributed by atoms with van der Waals surface area (Å²) in [4.78, 5) is 11.4. The average Bonchev–Trinajstić information content (AvgIpc) is 2.45. The lowest BCUT2D eigenvalue weighted by atomic mass is 10.2. The van der Waals surface area contributed by atoms with E-state index in [0.29, 0.717) is 0 Å². The van der Waals surface area contributed by atoms with Gasteiger partial charge in [-0.1, -0.05) is 6.08 Å². The van der Waals surface area contributed by atoms with Crippen LogP contribution in [-0.4, -0.2) is 16.2 Å². The monoisotopic (exact) mass is 211 g/mol. The van der Waals surface area contributed by atoms with E-state index >= 15 is 0 Å². The van der Waals surface area contributed by atoms with Crippen molar-refractivity contribution in [3.05, 3.63) is 35.7 Å². The van der Waals surface area contributed by atoms with Gasteiger partial charge in [-0.25, -0.2) is 0 Å². The lowest BCUT2D eigenvalue weighted by Crippen LogP contribution is -2.04. The fourth-order valence-corrected chi connectivity index (χ4v) is 1.71. The first-order valence-electron chi connectivity index (χ1n) is 4.48. The van der Waals surface area contributed by atoms with Crippen molar-refractivity contribution in [2.45, 2.75) is 20.4 Å². The molecule has 0 radical (unpaired) electrons. The lowest BCUT2D eigenvalue weighted by Gasteiger charge is -2.05. The minimum atomic E-state index is -0.0184. The maximum absolute atomic E-state index is 11.4. The van der Waals surface area contributed by atoms with E-state index in [4.69, 9.17) is 11.6 Å². The van der Waals surface area contributed by atoms with Crippen molar-refractivity contribution in [3.63, 3.8) is 0 Å². The molecule has 0 unspecified atom stereocenters. The third-order valence-corrected chi connectivity index (χ3v) is 2.55. The van der Waals surface area contributed by atoms with Crippen molar-refractivity contribution < 1.29 is 4.79 Å². The standard InChI is InChI=1S/C11H14ClNO/c1-4-5-13-8(2)6-10(9(13)3)11(14)7-12/h4,6H,1,5,7H2,2-3H3. The molecule has 0 aliphatic heterocycles. The number of rotatable bonds is 4. The number of allylic oxidation sites excluding steroid dienone is 1. The van der Waals surface area contributed by atoms with Gasteiger partial charge in [-0.2, -0.15) is 0 Å². The van der Waals surface area contributed by atoms with E-state index in [1.165, 1.54) is 0 Å². The van der Waals surface area contributed by atoms with Gasteiger partial charge >= 0.3 is 0 Å². The van der Waals surface area contributed by atoms with Crippen LogP contribution in [0.15, 0.2) is 18.7 Å². The summed E-state index contributed by atoms with van der Waals surface area (Å²) >= 11 is 5.52. The highest BCUT2D eigenvalue weighted by Gasteiger charge is 2.13.